The fourth-order valence-corrected chi connectivity index (χ4v) is 2.06. The molecular formula is C14H15NO. The Morgan fingerprint density at radius 3 is 2.88 bits per heavy atom. The molecule has 0 N–H and O–H groups in total. The van der Waals surface area contributed by atoms with Crippen molar-refractivity contribution in [3.8, 4) is 11.8 Å². The Morgan fingerprint density at radius 1 is 1.31 bits per heavy atom. The third-order valence-electron chi connectivity index (χ3n) is 2.81. The maximum Gasteiger partial charge on any atom is 0.193 e. The number of benzene rings is 1. The van der Waals surface area contributed by atoms with Crippen LogP contribution >= 0.6 is 0 Å². The molecule has 1 fully saturated rings. The maximum atomic E-state index is 10.2. The Morgan fingerprint density at radius 2 is 2.12 bits per heavy atom. The number of carbonyl (C=O) groups is 1. The quantitative estimate of drug-likeness (QED) is 0.552. The van der Waals surface area contributed by atoms with Crippen LogP contribution in [0.25, 0.3) is 0 Å². The highest BCUT2D eigenvalue weighted by Gasteiger charge is 2.11. The molecule has 2 nitrogen and oxygen atoms in total. The predicted octanol–water partition coefficient (Wildman–Crippen LogP) is 1.83. The Labute approximate surface area is 96.3 Å². The number of nitrogens with zero attached hydrogens (tertiary/aromatic N) is 1. The van der Waals surface area contributed by atoms with E-state index in [-0.39, 0.29) is 0 Å². The monoisotopic (exact) mass is 213 g/mol. The van der Waals surface area contributed by atoms with E-state index >= 15 is 0 Å². The first kappa shape index (κ1) is 10.9. The lowest BCUT2D eigenvalue weighted by Gasteiger charge is -2.14. The minimum atomic E-state index is 0.632. The fourth-order valence-electron chi connectivity index (χ4n) is 2.06. The van der Waals surface area contributed by atoms with Crippen LogP contribution in [0.15, 0.2) is 24.3 Å². The average Bonchev–Trinajstić information content (AvgIpc) is 2.80. The van der Waals surface area contributed by atoms with Gasteiger partial charge in [-0.15, -0.1) is 0 Å². The minimum absolute atomic E-state index is 0.632. The summed E-state index contributed by atoms with van der Waals surface area (Å²) in [5.41, 5.74) is 2.20. The second-order valence-corrected chi connectivity index (χ2v) is 4.07. The lowest BCUT2D eigenvalue weighted by atomic mass is 10.1. The molecule has 1 aliphatic rings. The summed E-state index contributed by atoms with van der Waals surface area (Å²) in [7, 11) is 0. The first-order valence-corrected chi connectivity index (χ1v) is 5.65. The molecule has 0 atom stereocenters. The van der Waals surface area contributed by atoms with Crippen molar-refractivity contribution in [3.63, 3.8) is 0 Å². The zero-order valence-electron chi connectivity index (χ0n) is 9.28. The van der Waals surface area contributed by atoms with Gasteiger partial charge in [-0.05, 0) is 49.5 Å². The van der Waals surface area contributed by atoms with E-state index in [4.69, 9.17) is 0 Å². The fraction of sp³-hybridized carbons (Fsp3) is 0.357. The molecule has 1 aromatic carbocycles. The number of hydrogen-bond acceptors (Lipinski definition) is 2. The van der Waals surface area contributed by atoms with Crippen LogP contribution in [0.5, 0.6) is 0 Å². The van der Waals surface area contributed by atoms with E-state index < -0.39 is 0 Å². The largest absolute Gasteiger partial charge is 0.299 e. The number of carbonyl (C=O) groups excluding carboxylic acids is 1. The van der Waals surface area contributed by atoms with Crippen LogP contribution in [0.2, 0.25) is 0 Å². The van der Waals surface area contributed by atoms with Gasteiger partial charge in [0.25, 0.3) is 0 Å². The predicted molar refractivity (Wildman–Crippen MR) is 63.9 cm³/mol. The molecule has 1 saturated heterocycles. The van der Waals surface area contributed by atoms with Crippen molar-refractivity contribution in [2.75, 3.05) is 13.1 Å². The molecule has 1 aromatic rings. The van der Waals surface area contributed by atoms with Crippen molar-refractivity contribution < 1.29 is 4.79 Å². The zero-order valence-corrected chi connectivity index (χ0v) is 9.28. The maximum absolute atomic E-state index is 10.2. The van der Waals surface area contributed by atoms with Gasteiger partial charge in [0.05, 0.1) is 0 Å². The summed E-state index contributed by atoms with van der Waals surface area (Å²) >= 11 is 0. The van der Waals surface area contributed by atoms with Crippen LogP contribution in [0.3, 0.4) is 0 Å². The SMILES string of the molecule is O=CC#Cc1cccc(CN2CCCC2)c1. The molecule has 2 rings (SSSR count). The topological polar surface area (TPSA) is 20.3 Å². The third kappa shape index (κ3) is 2.95. The van der Waals surface area contributed by atoms with Gasteiger partial charge in [-0.1, -0.05) is 18.1 Å². The van der Waals surface area contributed by atoms with Crippen LogP contribution in [-0.2, 0) is 11.3 Å². The van der Waals surface area contributed by atoms with E-state index in [1.165, 1.54) is 31.5 Å². The van der Waals surface area contributed by atoms with Gasteiger partial charge in [0.1, 0.15) is 0 Å². The van der Waals surface area contributed by atoms with Crippen LogP contribution < -0.4 is 0 Å². The van der Waals surface area contributed by atoms with Crippen molar-refractivity contribution >= 4 is 6.29 Å². The molecule has 0 amide bonds. The molecule has 2 heteroatoms. The van der Waals surface area contributed by atoms with E-state index in [1.54, 1.807) is 0 Å². The summed E-state index contributed by atoms with van der Waals surface area (Å²) in [6, 6.07) is 8.11. The zero-order chi connectivity index (χ0) is 11.2. The van der Waals surface area contributed by atoms with Crippen molar-refractivity contribution in [1.82, 2.24) is 4.90 Å². The molecule has 0 radical (unpaired) electrons. The Balaban J connectivity index is 2.06. The Hall–Kier alpha value is -1.59. The van der Waals surface area contributed by atoms with Crippen LogP contribution in [0.1, 0.15) is 24.0 Å². The summed E-state index contributed by atoms with van der Waals surface area (Å²) in [6.45, 7) is 3.39. The van der Waals surface area contributed by atoms with Crippen molar-refractivity contribution in [2.45, 2.75) is 19.4 Å². The summed E-state index contributed by atoms with van der Waals surface area (Å²) in [5, 5.41) is 0. The van der Waals surface area contributed by atoms with Gasteiger partial charge in [0, 0.05) is 12.1 Å². The molecule has 0 aromatic heterocycles. The van der Waals surface area contributed by atoms with E-state index in [0.717, 1.165) is 12.1 Å². The number of hydrogen-bond donors (Lipinski definition) is 0. The number of likely N-dealkylation sites (tertiary alicyclic amines) is 1. The third-order valence-corrected chi connectivity index (χ3v) is 2.81. The van der Waals surface area contributed by atoms with Crippen molar-refractivity contribution in [1.29, 1.82) is 0 Å². The second kappa shape index (κ2) is 5.48. The van der Waals surface area contributed by atoms with Gasteiger partial charge in [-0.3, -0.25) is 9.69 Å². The molecule has 82 valence electrons. The molecule has 0 spiro atoms. The van der Waals surface area contributed by atoms with E-state index in [0.29, 0.717) is 6.29 Å². The van der Waals surface area contributed by atoms with E-state index in [9.17, 15) is 4.79 Å². The van der Waals surface area contributed by atoms with Gasteiger partial charge in [0.2, 0.25) is 0 Å². The summed E-state index contributed by atoms with van der Waals surface area (Å²) in [6.07, 6.45) is 3.25. The highest BCUT2D eigenvalue weighted by molar-refractivity contribution is 5.73. The molecule has 16 heavy (non-hydrogen) atoms. The summed E-state index contributed by atoms with van der Waals surface area (Å²) < 4.78 is 0. The summed E-state index contributed by atoms with van der Waals surface area (Å²) in [4.78, 5) is 12.6. The average molecular weight is 213 g/mol. The molecule has 0 saturated carbocycles. The first-order valence-electron chi connectivity index (χ1n) is 5.65. The van der Waals surface area contributed by atoms with Crippen LogP contribution in [-0.4, -0.2) is 24.3 Å². The Kier molecular flexibility index (Phi) is 3.74. The first-order chi connectivity index (χ1) is 7.88. The Bertz CT molecular complexity index is 422. The van der Waals surface area contributed by atoms with Crippen LogP contribution in [0, 0.1) is 11.8 Å². The molecule has 0 unspecified atom stereocenters. The highest BCUT2D eigenvalue weighted by atomic mass is 16.1. The van der Waals surface area contributed by atoms with E-state index in [1.807, 2.05) is 12.1 Å². The lowest BCUT2D eigenvalue weighted by Crippen LogP contribution is -2.18. The van der Waals surface area contributed by atoms with Crippen LogP contribution in [0.4, 0.5) is 0 Å². The van der Waals surface area contributed by atoms with Gasteiger partial charge in [-0.2, -0.15) is 0 Å². The number of rotatable bonds is 2. The minimum Gasteiger partial charge on any atom is -0.299 e. The normalized spacial score (nSPS) is 15.5. The van der Waals surface area contributed by atoms with Gasteiger partial charge < -0.3 is 0 Å². The van der Waals surface area contributed by atoms with Gasteiger partial charge in [0.15, 0.2) is 6.29 Å². The highest BCUT2D eigenvalue weighted by Crippen LogP contribution is 2.13. The smallest absolute Gasteiger partial charge is 0.193 e. The molecular weight excluding hydrogens is 198 g/mol. The molecule has 1 aliphatic heterocycles. The second-order valence-electron chi connectivity index (χ2n) is 4.07. The molecule has 1 heterocycles. The molecule has 0 bridgehead atoms. The van der Waals surface area contributed by atoms with Gasteiger partial charge in [-0.25, -0.2) is 0 Å². The lowest BCUT2D eigenvalue weighted by molar-refractivity contribution is -0.103. The van der Waals surface area contributed by atoms with Gasteiger partial charge >= 0.3 is 0 Å². The van der Waals surface area contributed by atoms with Crippen molar-refractivity contribution in [3.05, 3.63) is 35.4 Å². The standard InChI is InChI=1S/C14H15NO/c16-10-4-7-13-5-3-6-14(11-13)12-15-8-1-2-9-15/h3,5-6,10-11H,1-2,8-9,12H2. The van der Waals surface area contributed by atoms with Crippen molar-refractivity contribution in [2.24, 2.45) is 0 Å². The van der Waals surface area contributed by atoms with E-state index in [2.05, 4.69) is 28.9 Å². The summed E-state index contributed by atoms with van der Waals surface area (Å²) in [5.74, 6) is 5.26. The number of aldehydes is 1. The molecule has 0 aliphatic carbocycles.